The van der Waals surface area contributed by atoms with Crippen molar-refractivity contribution in [2.24, 2.45) is 0 Å². The second-order valence-corrected chi connectivity index (χ2v) is 17.5. The number of hydrogen-bond donors (Lipinski definition) is 0. The topological polar surface area (TPSA) is 170 Å². The Bertz CT molecular complexity index is 1730. The van der Waals surface area contributed by atoms with E-state index in [4.69, 9.17) is 31.2 Å². The Hall–Kier alpha value is -2.23. The Morgan fingerprint density at radius 1 is 0.500 bits per heavy atom. The fourth-order valence-corrected chi connectivity index (χ4v) is 8.84. The Morgan fingerprint density at radius 3 is 0.793 bits per heavy atom. The van der Waals surface area contributed by atoms with Gasteiger partial charge in [-0.1, -0.05) is 121 Å². The molecule has 58 heavy (non-hydrogen) atoms. The van der Waals surface area contributed by atoms with E-state index in [1.165, 1.54) is 39.5 Å². The second-order valence-electron chi connectivity index (χ2n) is 10.3. The molecule has 0 heterocycles. The third-order valence-electron chi connectivity index (χ3n) is 6.43. The van der Waals surface area contributed by atoms with Crippen molar-refractivity contribution in [2.75, 3.05) is 0 Å². The van der Waals surface area contributed by atoms with Crippen LogP contribution >= 0.6 is 15.8 Å². The first-order valence-electron chi connectivity index (χ1n) is 15.4. The number of nitriles is 1. The van der Waals surface area contributed by atoms with Crippen molar-refractivity contribution < 1.29 is 95.3 Å². The molecule has 0 spiro atoms. The summed E-state index contributed by atoms with van der Waals surface area (Å²) in [7, 11) is -13.0. The van der Waals surface area contributed by atoms with Gasteiger partial charge in [-0.2, -0.15) is 31.6 Å². The van der Waals surface area contributed by atoms with E-state index in [-0.39, 0.29) is 43.0 Å². The third kappa shape index (κ3) is 20.4. The normalized spacial score (nSPS) is 14.1. The van der Waals surface area contributed by atoms with Gasteiger partial charge in [-0.3, -0.25) is 0 Å². The van der Waals surface area contributed by atoms with Crippen LogP contribution in [0.25, 0.3) is 0 Å². The van der Waals surface area contributed by atoms with Gasteiger partial charge in [-0.05, 0) is 88.4 Å². The van der Waals surface area contributed by atoms with Crippen molar-refractivity contribution in [2.45, 2.75) is 17.9 Å². The zero-order chi connectivity index (χ0) is 41.1. The van der Waals surface area contributed by atoms with Gasteiger partial charge in [-0.15, -0.1) is 0 Å². The molecule has 2 aliphatic rings. The Morgan fingerprint density at radius 2 is 0.655 bits per heavy atom. The van der Waals surface area contributed by atoms with Crippen molar-refractivity contribution in [3.8, 4) is 6.07 Å². The molecule has 2 N–H and O–H groups in total. The van der Waals surface area contributed by atoms with Crippen LogP contribution in [0, 0.1) is 74.0 Å². The molecule has 0 amide bonds. The van der Waals surface area contributed by atoms with E-state index in [0.717, 1.165) is 0 Å². The summed E-state index contributed by atoms with van der Waals surface area (Å²) in [5, 5.41) is 12.9. The Balaban J connectivity index is 0. The fraction of sp³-hybridized carbons (Fsp3) is 0.0789. The fourth-order valence-electron chi connectivity index (χ4n) is 4.23. The zero-order valence-corrected chi connectivity index (χ0v) is 35.8. The van der Waals surface area contributed by atoms with Crippen LogP contribution in [-0.4, -0.2) is 42.4 Å². The molecule has 0 atom stereocenters. The predicted molar refractivity (Wildman–Crippen MR) is 205 cm³/mol. The standard InChI is InChI=1S/2C17H14P.C2H3N.2CHF3O3S.Fe.H2O.Pd/c2*1-3-9-15(10-4-1)18(17-13-7-8-14-17)16-11-5-2-6-12-16;1-2-3;2*2-1(3,4)8(5,6)7;;;/h2*1-14H;1H3;2*(H,5,6,7);;1H2;/q;;;;;;;+2/p-2. The van der Waals surface area contributed by atoms with Crippen LogP contribution in [0.2, 0.25) is 0 Å². The van der Waals surface area contributed by atoms with E-state index in [2.05, 4.69) is 173 Å². The SMILES string of the molecule is CC#N.O.O=S(=O)([O-])C(F)(F)F.O=S(=O)([O-])C(F)(F)F.[CH]1[CH][CH][C](P(c2ccccc2)c2ccccc2)[CH]1.[CH]1[CH][CH][C](P(c2ccccc2)c2ccccc2)[CH]1.[Fe].[Pd+2]. The summed E-state index contributed by atoms with van der Waals surface area (Å²) in [4.78, 5) is 0. The molecule has 0 unspecified atom stereocenters. The van der Waals surface area contributed by atoms with E-state index < -0.39 is 47.1 Å². The number of alkyl halides is 6. The van der Waals surface area contributed by atoms with Crippen LogP contribution in [0.5, 0.6) is 0 Å². The summed E-state index contributed by atoms with van der Waals surface area (Å²) in [5.74, 6) is 0. The van der Waals surface area contributed by atoms with Gasteiger partial charge in [0.15, 0.2) is 20.2 Å². The molecule has 2 saturated carbocycles. The van der Waals surface area contributed by atoms with E-state index >= 15 is 0 Å². The predicted octanol–water partition coefficient (Wildman–Crippen LogP) is 6.77. The molecule has 0 aliphatic heterocycles. The summed E-state index contributed by atoms with van der Waals surface area (Å²) in [6, 6.07) is 44.9. The largest absolute Gasteiger partial charge is 2.00 e. The number of halogens is 6. The first-order valence-corrected chi connectivity index (χ1v) is 20.9. The van der Waals surface area contributed by atoms with Crippen molar-refractivity contribution in [3.05, 3.63) is 184 Å². The first-order chi connectivity index (χ1) is 25.8. The molecule has 2 fully saturated rings. The summed E-state index contributed by atoms with van der Waals surface area (Å²) in [5.41, 5.74) is -8.45. The summed E-state index contributed by atoms with van der Waals surface area (Å²) >= 11 is 0. The maximum Gasteiger partial charge on any atom is 2.00 e. The van der Waals surface area contributed by atoms with E-state index in [9.17, 15) is 26.3 Å². The second kappa shape index (κ2) is 28.3. The summed E-state index contributed by atoms with van der Waals surface area (Å²) in [6.45, 7) is 1.43. The molecule has 314 valence electrons. The van der Waals surface area contributed by atoms with E-state index in [1.807, 2.05) is 0 Å². The molecule has 0 bridgehead atoms. The van der Waals surface area contributed by atoms with Crippen LogP contribution in [0.4, 0.5) is 26.3 Å². The van der Waals surface area contributed by atoms with Crippen molar-refractivity contribution in [1.29, 1.82) is 5.26 Å². The molecule has 8 nitrogen and oxygen atoms in total. The quantitative estimate of drug-likeness (QED) is 0.0676. The Labute approximate surface area is 363 Å². The zero-order valence-electron chi connectivity index (χ0n) is 29.7. The van der Waals surface area contributed by atoms with Crippen molar-refractivity contribution in [1.82, 2.24) is 0 Å². The third-order valence-corrected chi connectivity index (χ3v) is 12.5. The molecule has 2 aliphatic carbocycles. The minimum absolute atomic E-state index is 0. The van der Waals surface area contributed by atoms with Gasteiger partial charge < -0.3 is 14.6 Å². The molecule has 10 radical (unpaired) electrons. The van der Waals surface area contributed by atoms with Gasteiger partial charge in [-0.25, -0.2) is 16.8 Å². The molecule has 20 heteroatoms. The van der Waals surface area contributed by atoms with Gasteiger partial charge in [0.05, 0.1) is 6.07 Å². The minimum Gasteiger partial charge on any atom is -0.741 e. The first kappa shape index (κ1) is 57.9. The molecule has 4 aromatic carbocycles. The average molecular weight is 1020 g/mol. The van der Waals surface area contributed by atoms with Gasteiger partial charge in [0.1, 0.15) is 0 Å². The summed E-state index contributed by atoms with van der Waals surface area (Å²) < 4.78 is 118. The van der Waals surface area contributed by atoms with Gasteiger partial charge in [0.2, 0.25) is 0 Å². The van der Waals surface area contributed by atoms with Crippen LogP contribution in [-0.2, 0) is 57.7 Å². The van der Waals surface area contributed by atoms with Crippen LogP contribution in [0.15, 0.2) is 121 Å². The maximum atomic E-state index is 10.7. The number of benzene rings is 4. The van der Waals surface area contributed by atoms with E-state index in [1.54, 1.807) is 6.07 Å². The molecular formula is C38H33F6FeNO7P2PdS2. The number of hydrogen-bond acceptors (Lipinski definition) is 7. The van der Waals surface area contributed by atoms with E-state index in [0.29, 0.717) is 0 Å². The summed E-state index contributed by atoms with van der Waals surface area (Å²) in [6.07, 6.45) is 17.4. The van der Waals surface area contributed by atoms with Crippen LogP contribution < -0.4 is 21.2 Å². The molecular weight excluding hydrogens is 985 g/mol. The van der Waals surface area contributed by atoms with Gasteiger partial charge >= 0.3 is 31.4 Å². The molecule has 0 saturated heterocycles. The van der Waals surface area contributed by atoms with Gasteiger partial charge in [0.25, 0.3) is 0 Å². The Kier molecular flexibility index (Phi) is 28.3. The van der Waals surface area contributed by atoms with Crippen LogP contribution in [0.3, 0.4) is 0 Å². The maximum absolute atomic E-state index is 10.7. The number of rotatable bonds is 6. The molecule has 0 aromatic heterocycles. The monoisotopic (exact) mass is 1020 g/mol. The van der Waals surface area contributed by atoms with Crippen molar-refractivity contribution >= 4 is 57.3 Å². The minimum atomic E-state index is -6.09. The smallest absolute Gasteiger partial charge is 0.741 e. The number of nitrogens with zero attached hydrogens (tertiary/aromatic N) is 1. The molecule has 4 aromatic rings. The molecule has 6 rings (SSSR count). The van der Waals surface area contributed by atoms with Crippen molar-refractivity contribution in [3.63, 3.8) is 0 Å². The van der Waals surface area contributed by atoms with Gasteiger partial charge in [0, 0.05) is 35.3 Å². The van der Waals surface area contributed by atoms with Crippen LogP contribution in [0.1, 0.15) is 6.92 Å². The average Bonchev–Trinajstić information content (AvgIpc) is 3.86.